The van der Waals surface area contributed by atoms with Crippen LogP contribution in [0.4, 0.5) is 0 Å². The first kappa shape index (κ1) is 40.7. The van der Waals surface area contributed by atoms with Gasteiger partial charge in [-0.3, -0.25) is 23.9 Å². The quantitative estimate of drug-likeness (QED) is 0.211. The molecular formula is C46H53N3O9S. The zero-order chi connectivity index (χ0) is 41.3. The van der Waals surface area contributed by atoms with Gasteiger partial charge in [0.05, 0.1) is 54.6 Å². The standard InChI is InChI=1S/C46H53N3O9S/c1-29-12-11-16-31-20-36-38(24-41(31)56-2)47-37(30-13-8-6-9-14-30)23-42(36)58-34-22-39-40(50)26-46(45(53)48-59(54,55)35-18-19-35)25-33(46)17-10-5-3-4-7-15-32(21-43(51)57-28-29)44(52)49(39)27-34/h6,8-11,13-14,16-17,20,23-24,29,32-35,39H,3-5,7,12,15,18-19,21-22,25-28H2,1-2H3,(H,48,53)/b16-11+,17-10-/t29-,32+,33-,34+,39-,46+/m0/s1. The van der Waals surface area contributed by atoms with Gasteiger partial charge in [-0.05, 0) is 62.8 Å². The topological polar surface area (TPSA) is 158 Å². The molecule has 6 atom stereocenters. The molecule has 2 aliphatic carbocycles. The van der Waals surface area contributed by atoms with Crippen LogP contribution < -0.4 is 14.2 Å². The highest BCUT2D eigenvalue weighted by Crippen LogP contribution is 2.57. The van der Waals surface area contributed by atoms with Crippen LogP contribution in [0.2, 0.25) is 0 Å². The van der Waals surface area contributed by atoms with Crippen molar-refractivity contribution in [1.82, 2.24) is 14.6 Å². The molecule has 0 radical (unpaired) electrons. The van der Waals surface area contributed by atoms with Gasteiger partial charge in [-0.25, -0.2) is 13.4 Å². The molecule has 12 nitrogen and oxygen atoms in total. The predicted molar refractivity (Wildman–Crippen MR) is 223 cm³/mol. The van der Waals surface area contributed by atoms with Gasteiger partial charge in [-0.2, -0.15) is 0 Å². The zero-order valence-electron chi connectivity index (χ0n) is 33.8. The number of benzene rings is 2. The number of fused-ring (bicyclic) bond motifs is 4. The van der Waals surface area contributed by atoms with E-state index in [0.717, 1.165) is 35.8 Å². The molecular weight excluding hydrogens is 771 g/mol. The number of pyridine rings is 1. The number of rotatable bonds is 5. The van der Waals surface area contributed by atoms with Gasteiger partial charge in [0.25, 0.3) is 0 Å². The molecule has 2 aromatic carbocycles. The Kier molecular flexibility index (Phi) is 11.7. The Morgan fingerprint density at radius 3 is 2.61 bits per heavy atom. The number of sulfonamides is 1. The first-order chi connectivity index (χ1) is 28.4. The largest absolute Gasteiger partial charge is 0.496 e. The fraction of sp³-hybridized carbons (Fsp3) is 0.500. The van der Waals surface area contributed by atoms with E-state index >= 15 is 0 Å². The van der Waals surface area contributed by atoms with Crippen LogP contribution in [0.5, 0.6) is 11.5 Å². The second-order valence-corrected chi connectivity index (χ2v) is 19.1. The smallest absolute Gasteiger partial charge is 0.306 e. The van der Waals surface area contributed by atoms with Crippen LogP contribution in [0, 0.1) is 23.2 Å². The highest BCUT2D eigenvalue weighted by Gasteiger charge is 2.61. The first-order valence-electron chi connectivity index (χ1n) is 21.1. The summed E-state index contributed by atoms with van der Waals surface area (Å²) in [4.78, 5) is 63.4. The van der Waals surface area contributed by atoms with Gasteiger partial charge in [-0.15, -0.1) is 0 Å². The van der Waals surface area contributed by atoms with Crippen molar-refractivity contribution in [2.24, 2.45) is 23.2 Å². The average Bonchev–Trinajstić information content (AvgIpc) is 4.15. The van der Waals surface area contributed by atoms with E-state index in [1.54, 1.807) is 12.0 Å². The number of Topliss-reactive ketones (excluding diaryl/α,β-unsaturated/α-hetero) is 1. The fourth-order valence-corrected chi connectivity index (χ4v) is 10.3. The fourth-order valence-electron chi connectivity index (χ4n) is 8.89. The van der Waals surface area contributed by atoms with E-state index in [-0.39, 0.29) is 55.9 Å². The summed E-state index contributed by atoms with van der Waals surface area (Å²) in [6.07, 6.45) is 12.6. The minimum absolute atomic E-state index is 0.00240. The lowest BCUT2D eigenvalue weighted by molar-refractivity contribution is -0.151. The van der Waals surface area contributed by atoms with Crippen LogP contribution >= 0.6 is 0 Å². The predicted octanol–water partition coefficient (Wildman–Crippen LogP) is 6.96. The molecule has 0 spiro atoms. The molecule has 312 valence electrons. The molecule has 1 saturated heterocycles. The highest BCUT2D eigenvalue weighted by atomic mass is 32.2. The second-order valence-electron chi connectivity index (χ2n) is 17.1. The van der Waals surface area contributed by atoms with E-state index < -0.39 is 50.6 Å². The van der Waals surface area contributed by atoms with Crippen molar-refractivity contribution in [2.45, 2.75) is 101 Å². The number of amides is 2. The highest BCUT2D eigenvalue weighted by molar-refractivity contribution is 7.90. The molecule has 2 saturated carbocycles. The molecule has 0 unspecified atom stereocenters. The molecule has 3 aliphatic heterocycles. The number of nitrogens with zero attached hydrogens (tertiary/aromatic N) is 2. The lowest BCUT2D eigenvalue weighted by Gasteiger charge is -2.29. The molecule has 4 heterocycles. The summed E-state index contributed by atoms with van der Waals surface area (Å²) in [6.45, 7) is 2.26. The van der Waals surface area contributed by atoms with E-state index in [9.17, 15) is 27.6 Å². The summed E-state index contributed by atoms with van der Waals surface area (Å²) in [7, 11) is -2.25. The number of allylic oxidation sites excluding steroid dienone is 3. The third-order valence-electron chi connectivity index (χ3n) is 12.6. The number of methoxy groups -OCH3 is 1. The Morgan fingerprint density at radius 2 is 1.83 bits per heavy atom. The van der Waals surface area contributed by atoms with Crippen molar-refractivity contribution in [3.63, 3.8) is 0 Å². The number of carbonyl (C=O) groups is 4. The number of aromatic nitrogens is 1. The monoisotopic (exact) mass is 823 g/mol. The summed E-state index contributed by atoms with van der Waals surface area (Å²) in [5.74, 6) is -1.66. The molecule has 1 N–H and O–H groups in total. The number of nitrogens with one attached hydrogen (secondary N) is 1. The Bertz CT molecular complexity index is 2290. The number of ketones is 1. The molecule has 3 fully saturated rings. The van der Waals surface area contributed by atoms with Gasteiger partial charge in [0.15, 0.2) is 5.78 Å². The second kappa shape index (κ2) is 16.9. The Labute approximate surface area is 345 Å². The van der Waals surface area contributed by atoms with E-state index in [0.29, 0.717) is 61.2 Å². The van der Waals surface area contributed by atoms with E-state index in [1.165, 1.54) is 0 Å². The van der Waals surface area contributed by atoms with Crippen LogP contribution in [-0.4, -0.2) is 79.5 Å². The summed E-state index contributed by atoms with van der Waals surface area (Å²) in [6, 6.07) is 14.5. The van der Waals surface area contributed by atoms with Gasteiger partial charge < -0.3 is 19.1 Å². The van der Waals surface area contributed by atoms with Gasteiger partial charge in [0, 0.05) is 47.4 Å². The Hall–Kier alpha value is -5.04. The molecule has 2 amide bonds. The van der Waals surface area contributed by atoms with E-state index in [4.69, 9.17) is 19.2 Å². The SMILES string of the molecule is COc1cc2nc(-c3ccccc3)cc3c2cc1/C=C/C[C@H](C)COC(=O)C[C@H]1CCCCC/C=C\[C@H]2C[C@@]2(C(=O)NS(=O)(=O)C2CC2)CC(=O)[C@@H]2C[C@H](CN2C1=O)O3. The molecule has 5 aliphatic rings. The molecule has 8 rings (SSSR count). The number of hydrogen-bond donors (Lipinski definition) is 1. The number of carbonyl (C=O) groups excluding carboxylic acids is 4. The summed E-state index contributed by atoms with van der Waals surface area (Å²) >= 11 is 0. The van der Waals surface area contributed by atoms with Crippen molar-refractivity contribution in [3.05, 3.63) is 72.3 Å². The van der Waals surface area contributed by atoms with Crippen molar-refractivity contribution in [2.75, 3.05) is 20.3 Å². The molecule has 13 heteroatoms. The van der Waals surface area contributed by atoms with Gasteiger partial charge in [0.2, 0.25) is 21.8 Å². The summed E-state index contributed by atoms with van der Waals surface area (Å²) < 4.78 is 46.7. The van der Waals surface area contributed by atoms with Crippen LogP contribution in [0.1, 0.15) is 89.5 Å². The Balaban J connectivity index is 1.19. The van der Waals surface area contributed by atoms with Gasteiger partial charge in [-0.1, -0.05) is 74.4 Å². The maximum atomic E-state index is 14.8. The normalized spacial score (nSPS) is 29.2. The van der Waals surface area contributed by atoms with E-state index in [2.05, 4.69) is 4.72 Å². The van der Waals surface area contributed by atoms with Crippen LogP contribution in [0.25, 0.3) is 28.2 Å². The van der Waals surface area contributed by atoms with Crippen LogP contribution in [-0.2, 0) is 33.9 Å². The molecule has 1 aromatic heterocycles. The first-order valence-corrected chi connectivity index (χ1v) is 22.6. The Morgan fingerprint density at radius 1 is 1.02 bits per heavy atom. The number of esters is 1. The minimum Gasteiger partial charge on any atom is -0.496 e. The number of ether oxygens (including phenoxy) is 3. The lowest BCUT2D eigenvalue weighted by Crippen LogP contribution is -2.46. The third-order valence-corrected chi connectivity index (χ3v) is 14.4. The van der Waals surface area contributed by atoms with Crippen molar-refractivity contribution < 1.29 is 41.8 Å². The van der Waals surface area contributed by atoms with Crippen molar-refractivity contribution in [3.8, 4) is 22.8 Å². The van der Waals surface area contributed by atoms with E-state index in [1.807, 2.05) is 79.8 Å². The van der Waals surface area contributed by atoms with Crippen molar-refractivity contribution >= 4 is 50.6 Å². The minimum atomic E-state index is -3.86. The maximum Gasteiger partial charge on any atom is 0.306 e. The maximum absolute atomic E-state index is 14.8. The van der Waals surface area contributed by atoms with Crippen LogP contribution in [0.3, 0.4) is 0 Å². The lowest BCUT2D eigenvalue weighted by atomic mass is 9.90. The molecule has 5 bridgehead atoms. The average molecular weight is 824 g/mol. The van der Waals surface area contributed by atoms with Gasteiger partial charge in [0.1, 0.15) is 17.6 Å². The van der Waals surface area contributed by atoms with Crippen LogP contribution in [0.15, 0.2) is 66.8 Å². The third kappa shape index (κ3) is 8.95. The zero-order valence-corrected chi connectivity index (χ0v) is 34.6. The van der Waals surface area contributed by atoms with Crippen molar-refractivity contribution in [1.29, 1.82) is 0 Å². The molecule has 59 heavy (non-hydrogen) atoms. The summed E-state index contributed by atoms with van der Waals surface area (Å²) in [5, 5.41) is 0.132. The van der Waals surface area contributed by atoms with Gasteiger partial charge >= 0.3 is 5.97 Å². The number of hydrogen-bond acceptors (Lipinski definition) is 10. The summed E-state index contributed by atoms with van der Waals surface area (Å²) in [5.41, 5.74) is 1.76. The number of cyclic esters (lactones) is 1. The molecule has 3 aromatic rings.